The Morgan fingerprint density at radius 1 is 1.00 bits per heavy atom. The Morgan fingerprint density at radius 2 is 1.65 bits per heavy atom. The van der Waals surface area contributed by atoms with E-state index in [9.17, 15) is 44.3 Å². The van der Waals surface area contributed by atoms with Crippen LogP contribution in [0.4, 0.5) is 39.5 Å². The highest BCUT2D eigenvalue weighted by Gasteiger charge is 2.73. The van der Waals surface area contributed by atoms with Crippen molar-refractivity contribution in [3.8, 4) is 5.75 Å². The standard InChI is InChI=1S/C19H16F9NO2/c20-9-16(10-21)8-13(29-6-2-1-3-15(29)30)12-7-11(4-5-14(12)31-16)17(22,23)18(24,25)19(26,27)28/h4-5,7-8H,1-3,6,9-10H2. The molecule has 0 aliphatic carbocycles. The van der Waals surface area contributed by atoms with Crippen molar-refractivity contribution in [3.05, 3.63) is 35.4 Å². The number of nitrogens with zero attached hydrogens (tertiary/aromatic N) is 1. The summed E-state index contributed by atoms with van der Waals surface area (Å²) in [6.45, 7) is -2.77. The molecule has 1 amide bonds. The van der Waals surface area contributed by atoms with Crippen molar-refractivity contribution in [2.75, 3.05) is 19.9 Å². The monoisotopic (exact) mass is 461 g/mol. The largest absolute Gasteiger partial charge is 0.477 e. The second-order valence-electron chi connectivity index (χ2n) is 7.32. The van der Waals surface area contributed by atoms with E-state index in [1.54, 1.807) is 0 Å². The number of hydrogen-bond donors (Lipinski definition) is 0. The van der Waals surface area contributed by atoms with Gasteiger partial charge in [0.1, 0.15) is 19.1 Å². The lowest BCUT2D eigenvalue weighted by atomic mass is 9.92. The van der Waals surface area contributed by atoms with Gasteiger partial charge in [-0.1, -0.05) is 0 Å². The predicted octanol–water partition coefficient (Wildman–Crippen LogP) is 5.40. The predicted molar refractivity (Wildman–Crippen MR) is 90.2 cm³/mol. The Kier molecular flexibility index (Phi) is 5.72. The lowest BCUT2D eigenvalue weighted by Crippen LogP contribution is -2.50. The van der Waals surface area contributed by atoms with E-state index in [0.29, 0.717) is 25.0 Å². The van der Waals surface area contributed by atoms with Crippen LogP contribution in [0.1, 0.15) is 30.4 Å². The van der Waals surface area contributed by atoms with E-state index in [1.807, 2.05) is 0 Å². The fourth-order valence-electron chi connectivity index (χ4n) is 3.40. The van der Waals surface area contributed by atoms with E-state index in [2.05, 4.69) is 0 Å². The molecule has 2 aliphatic rings. The number of amides is 1. The van der Waals surface area contributed by atoms with Gasteiger partial charge in [-0.3, -0.25) is 4.79 Å². The Bertz CT molecular complexity index is 891. The SMILES string of the molecule is O=C1CCCCN1C1=CC(CF)(CF)Oc2ccc(C(F)(F)C(F)(F)C(F)(F)F)cc21. The number of fused-ring (bicyclic) bond motifs is 1. The van der Waals surface area contributed by atoms with Crippen LogP contribution in [0.25, 0.3) is 5.70 Å². The first-order valence-electron chi connectivity index (χ1n) is 9.11. The van der Waals surface area contributed by atoms with Gasteiger partial charge in [-0.2, -0.15) is 30.7 Å². The summed E-state index contributed by atoms with van der Waals surface area (Å²) in [5.41, 5.74) is -4.61. The minimum atomic E-state index is -6.54. The molecular weight excluding hydrogens is 445 g/mol. The minimum Gasteiger partial charge on any atom is -0.477 e. The lowest BCUT2D eigenvalue weighted by Gasteiger charge is -2.38. The molecule has 2 heterocycles. The molecule has 3 rings (SSSR count). The number of ether oxygens (including phenoxy) is 1. The second kappa shape index (κ2) is 7.63. The van der Waals surface area contributed by atoms with Crippen LogP contribution in [-0.4, -0.2) is 48.4 Å². The fourth-order valence-corrected chi connectivity index (χ4v) is 3.40. The second-order valence-corrected chi connectivity index (χ2v) is 7.32. The number of carbonyl (C=O) groups is 1. The molecule has 1 fully saturated rings. The zero-order valence-electron chi connectivity index (χ0n) is 15.7. The van der Waals surface area contributed by atoms with E-state index in [-0.39, 0.29) is 24.7 Å². The Balaban J connectivity index is 2.16. The van der Waals surface area contributed by atoms with Gasteiger partial charge in [0.2, 0.25) is 5.91 Å². The first kappa shape index (κ1) is 23.3. The number of piperidine rings is 1. The number of carbonyl (C=O) groups excluding carboxylic acids is 1. The smallest absolute Gasteiger partial charge is 0.460 e. The third-order valence-electron chi connectivity index (χ3n) is 5.15. The van der Waals surface area contributed by atoms with Crippen molar-refractivity contribution < 1.29 is 49.0 Å². The molecule has 0 unspecified atom stereocenters. The molecule has 1 aromatic rings. The maximum atomic E-state index is 14.2. The highest BCUT2D eigenvalue weighted by Crippen LogP contribution is 2.53. The quantitative estimate of drug-likeness (QED) is 0.550. The maximum Gasteiger partial charge on any atom is 0.460 e. The highest BCUT2D eigenvalue weighted by molar-refractivity contribution is 5.89. The summed E-state index contributed by atoms with van der Waals surface area (Å²) in [6, 6.07) is 1.22. The van der Waals surface area contributed by atoms with Crippen molar-refractivity contribution in [1.29, 1.82) is 0 Å². The molecule has 3 nitrogen and oxygen atoms in total. The summed E-state index contributed by atoms with van der Waals surface area (Å²) in [6.07, 6.45) is -4.71. The van der Waals surface area contributed by atoms with Crippen LogP contribution in [0, 0.1) is 0 Å². The highest BCUT2D eigenvalue weighted by atomic mass is 19.4. The molecule has 1 saturated heterocycles. The van der Waals surface area contributed by atoms with Crippen molar-refractivity contribution in [1.82, 2.24) is 4.90 Å². The average Bonchev–Trinajstić information content (AvgIpc) is 2.72. The summed E-state index contributed by atoms with van der Waals surface area (Å²) in [7, 11) is 0. The Morgan fingerprint density at radius 3 is 2.19 bits per heavy atom. The van der Waals surface area contributed by atoms with Crippen molar-refractivity contribution in [3.63, 3.8) is 0 Å². The van der Waals surface area contributed by atoms with Gasteiger partial charge < -0.3 is 9.64 Å². The van der Waals surface area contributed by atoms with Gasteiger partial charge in [0.15, 0.2) is 5.60 Å². The van der Waals surface area contributed by atoms with E-state index in [0.717, 1.165) is 11.0 Å². The summed E-state index contributed by atoms with van der Waals surface area (Å²) >= 11 is 0. The molecule has 31 heavy (non-hydrogen) atoms. The zero-order valence-corrected chi connectivity index (χ0v) is 15.7. The molecule has 1 aromatic carbocycles. The molecule has 2 aliphatic heterocycles. The first-order chi connectivity index (χ1) is 14.3. The molecule has 0 saturated carbocycles. The van der Waals surface area contributed by atoms with E-state index < -0.39 is 59.8 Å². The van der Waals surface area contributed by atoms with Crippen LogP contribution in [0.5, 0.6) is 5.75 Å². The van der Waals surface area contributed by atoms with Gasteiger partial charge in [0.25, 0.3) is 0 Å². The fraction of sp³-hybridized carbons (Fsp3) is 0.526. The Labute approximate surface area is 170 Å². The number of rotatable bonds is 5. The Hall–Kier alpha value is -2.40. The van der Waals surface area contributed by atoms with Gasteiger partial charge in [0, 0.05) is 24.1 Å². The van der Waals surface area contributed by atoms with Crippen LogP contribution >= 0.6 is 0 Å². The van der Waals surface area contributed by atoms with Gasteiger partial charge in [0.05, 0.1) is 5.70 Å². The molecule has 172 valence electrons. The molecule has 0 radical (unpaired) electrons. The third-order valence-corrected chi connectivity index (χ3v) is 5.15. The van der Waals surface area contributed by atoms with Gasteiger partial charge in [-0.15, -0.1) is 0 Å². The normalized spacial score (nSPS) is 19.6. The first-order valence-corrected chi connectivity index (χ1v) is 9.11. The zero-order chi connectivity index (χ0) is 23.2. The summed E-state index contributed by atoms with van der Waals surface area (Å²) in [4.78, 5) is 13.3. The van der Waals surface area contributed by atoms with Crippen LogP contribution < -0.4 is 4.74 Å². The van der Waals surface area contributed by atoms with Gasteiger partial charge in [-0.05, 0) is 37.1 Å². The van der Waals surface area contributed by atoms with Crippen LogP contribution in [0.2, 0.25) is 0 Å². The van der Waals surface area contributed by atoms with E-state index in [1.165, 1.54) is 0 Å². The summed E-state index contributed by atoms with van der Waals surface area (Å²) < 4.78 is 125. The minimum absolute atomic E-state index is 0.0355. The maximum absolute atomic E-state index is 14.2. The number of alkyl halides is 9. The van der Waals surface area contributed by atoms with Crippen molar-refractivity contribution in [2.45, 2.75) is 42.9 Å². The van der Waals surface area contributed by atoms with Gasteiger partial charge >= 0.3 is 18.0 Å². The molecule has 0 N–H and O–H groups in total. The van der Waals surface area contributed by atoms with Crippen molar-refractivity contribution in [2.24, 2.45) is 0 Å². The molecule has 0 spiro atoms. The summed E-state index contributed by atoms with van der Waals surface area (Å²) in [5.74, 6) is -13.0. The topological polar surface area (TPSA) is 29.5 Å². The van der Waals surface area contributed by atoms with Crippen LogP contribution in [-0.2, 0) is 10.7 Å². The molecule has 12 heteroatoms. The third kappa shape index (κ3) is 3.73. The molecule has 0 aromatic heterocycles. The van der Waals surface area contributed by atoms with Gasteiger partial charge in [-0.25, -0.2) is 8.78 Å². The lowest BCUT2D eigenvalue weighted by molar-refractivity contribution is -0.359. The number of halogens is 9. The van der Waals surface area contributed by atoms with E-state index >= 15 is 0 Å². The number of likely N-dealkylation sites (tertiary alicyclic amines) is 1. The number of benzene rings is 1. The molecular formula is C19H16F9NO2. The molecule has 0 bridgehead atoms. The van der Waals surface area contributed by atoms with Crippen molar-refractivity contribution >= 4 is 11.6 Å². The van der Waals surface area contributed by atoms with E-state index in [4.69, 9.17) is 4.74 Å². The summed E-state index contributed by atoms with van der Waals surface area (Å²) in [5, 5.41) is 0. The average molecular weight is 461 g/mol. The van der Waals surface area contributed by atoms with Crippen LogP contribution in [0.3, 0.4) is 0 Å². The van der Waals surface area contributed by atoms with Crippen LogP contribution in [0.15, 0.2) is 24.3 Å². The molecule has 0 atom stereocenters. The number of hydrogen-bond acceptors (Lipinski definition) is 2.